The Morgan fingerprint density at radius 3 is 2.68 bits per heavy atom. The summed E-state index contributed by atoms with van der Waals surface area (Å²) in [6, 6.07) is 8.31. The van der Waals surface area contributed by atoms with E-state index in [-0.39, 0.29) is 6.03 Å². The van der Waals surface area contributed by atoms with Crippen LogP contribution in [-0.2, 0) is 6.54 Å². The highest BCUT2D eigenvalue weighted by molar-refractivity contribution is 5.89. The molecule has 0 bridgehead atoms. The van der Waals surface area contributed by atoms with Gasteiger partial charge in [0.1, 0.15) is 0 Å². The second kappa shape index (κ2) is 6.06. The quantitative estimate of drug-likeness (QED) is 0.860. The minimum atomic E-state index is -0.00567. The summed E-state index contributed by atoms with van der Waals surface area (Å²) in [5, 5.41) is 2.98. The fourth-order valence-corrected chi connectivity index (χ4v) is 2.79. The van der Waals surface area contributed by atoms with Gasteiger partial charge in [0.15, 0.2) is 0 Å². The number of rotatable bonds is 2. The number of amides is 2. The predicted octanol–water partition coefficient (Wildman–Crippen LogP) is 2.94. The van der Waals surface area contributed by atoms with Crippen molar-refractivity contribution >= 4 is 11.7 Å². The predicted molar refractivity (Wildman–Crippen MR) is 78.0 cm³/mol. The maximum atomic E-state index is 12.4. The number of nitrogens with two attached hydrogens (primary N) is 1. The van der Waals surface area contributed by atoms with Crippen LogP contribution in [0.15, 0.2) is 24.3 Å². The molecule has 0 saturated carbocycles. The van der Waals surface area contributed by atoms with E-state index in [4.69, 9.17) is 5.73 Å². The molecule has 0 radical (unpaired) electrons. The van der Waals surface area contributed by atoms with Crippen LogP contribution in [0.25, 0.3) is 0 Å². The van der Waals surface area contributed by atoms with Crippen LogP contribution >= 0.6 is 0 Å². The second-order valence-electron chi connectivity index (χ2n) is 5.37. The molecule has 4 nitrogen and oxygen atoms in total. The van der Waals surface area contributed by atoms with Crippen molar-refractivity contribution in [3.8, 4) is 0 Å². The van der Waals surface area contributed by atoms with Crippen molar-refractivity contribution in [1.82, 2.24) is 4.90 Å². The Bertz CT molecular complexity index is 437. The van der Waals surface area contributed by atoms with Crippen LogP contribution in [0.4, 0.5) is 10.5 Å². The van der Waals surface area contributed by atoms with Crippen LogP contribution in [-0.4, -0.2) is 23.0 Å². The Labute approximate surface area is 115 Å². The molecule has 1 aromatic carbocycles. The topological polar surface area (TPSA) is 58.4 Å². The number of piperidine rings is 1. The van der Waals surface area contributed by atoms with Crippen molar-refractivity contribution in [3.63, 3.8) is 0 Å². The lowest BCUT2D eigenvalue weighted by atomic mass is 9.98. The Hall–Kier alpha value is -1.55. The van der Waals surface area contributed by atoms with Crippen LogP contribution in [0.2, 0.25) is 0 Å². The molecule has 2 atom stereocenters. The Morgan fingerprint density at radius 2 is 2.05 bits per heavy atom. The first-order chi connectivity index (χ1) is 9.11. The van der Waals surface area contributed by atoms with E-state index in [1.807, 2.05) is 29.2 Å². The molecule has 3 N–H and O–H groups in total. The standard InChI is InChI=1S/C15H23N3O/c1-11-5-3-6-12(2)18(11)15(19)17-14-8-4-7-13(9-14)10-16/h4,7-9,11-12H,3,5-6,10,16H2,1-2H3,(H,17,19). The SMILES string of the molecule is CC1CCCC(C)N1C(=O)Nc1cccc(CN)c1. The maximum absolute atomic E-state index is 12.4. The van der Waals surface area contributed by atoms with Crippen molar-refractivity contribution in [2.75, 3.05) is 5.32 Å². The van der Waals surface area contributed by atoms with Crippen LogP contribution < -0.4 is 11.1 Å². The fraction of sp³-hybridized carbons (Fsp3) is 0.533. The van der Waals surface area contributed by atoms with Gasteiger partial charge in [-0.15, -0.1) is 0 Å². The summed E-state index contributed by atoms with van der Waals surface area (Å²) in [6.07, 6.45) is 3.37. The summed E-state index contributed by atoms with van der Waals surface area (Å²) in [5.41, 5.74) is 7.46. The van der Waals surface area contributed by atoms with E-state index in [0.29, 0.717) is 18.6 Å². The largest absolute Gasteiger partial charge is 0.326 e. The second-order valence-corrected chi connectivity index (χ2v) is 5.37. The van der Waals surface area contributed by atoms with Crippen molar-refractivity contribution in [1.29, 1.82) is 0 Å². The third-order valence-electron chi connectivity index (χ3n) is 3.84. The van der Waals surface area contributed by atoms with Gasteiger partial charge in [-0.25, -0.2) is 4.79 Å². The first-order valence-corrected chi connectivity index (χ1v) is 7.00. The molecule has 104 valence electrons. The van der Waals surface area contributed by atoms with Gasteiger partial charge in [-0.2, -0.15) is 0 Å². The van der Waals surface area contributed by atoms with E-state index in [1.54, 1.807) is 0 Å². The molecule has 1 aliphatic heterocycles. The smallest absolute Gasteiger partial charge is 0.322 e. The van der Waals surface area contributed by atoms with Gasteiger partial charge >= 0.3 is 6.03 Å². The average molecular weight is 261 g/mol. The van der Waals surface area contributed by atoms with Gasteiger partial charge in [0.25, 0.3) is 0 Å². The molecule has 1 fully saturated rings. The van der Waals surface area contributed by atoms with Gasteiger partial charge in [0.2, 0.25) is 0 Å². The number of anilines is 1. The molecule has 2 rings (SSSR count). The van der Waals surface area contributed by atoms with E-state index in [2.05, 4.69) is 19.2 Å². The number of carbonyl (C=O) groups is 1. The minimum absolute atomic E-state index is 0.00567. The summed E-state index contributed by atoms with van der Waals surface area (Å²) < 4.78 is 0. The number of likely N-dealkylation sites (tertiary alicyclic amines) is 1. The van der Waals surface area contributed by atoms with E-state index in [0.717, 1.165) is 24.1 Å². The van der Waals surface area contributed by atoms with Crippen LogP contribution in [0.3, 0.4) is 0 Å². The number of nitrogens with zero attached hydrogens (tertiary/aromatic N) is 1. The zero-order valence-corrected chi connectivity index (χ0v) is 11.7. The molecule has 1 aromatic rings. The van der Waals surface area contributed by atoms with E-state index in [9.17, 15) is 4.79 Å². The molecular weight excluding hydrogens is 238 g/mol. The Morgan fingerprint density at radius 1 is 1.37 bits per heavy atom. The molecule has 0 aliphatic carbocycles. The number of urea groups is 1. The lowest BCUT2D eigenvalue weighted by Crippen LogP contribution is -2.49. The molecule has 0 spiro atoms. The highest BCUT2D eigenvalue weighted by Gasteiger charge is 2.28. The lowest BCUT2D eigenvalue weighted by molar-refractivity contribution is 0.133. The molecule has 4 heteroatoms. The Kier molecular flexibility index (Phi) is 4.43. The number of hydrogen-bond donors (Lipinski definition) is 2. The van der Waals surface area contributed by atoms with Crippen molar-refractivity contribution in [3.05, 3.63) is 29.8 Å². The molecule has 1 heterocycles. The third-order valence-corrected chi connectivity index (χ3v) is 3.84. The molecule has 2 unspecified atom stereocenters. The summed E-state index contributed by atoms with van der Waals surface area (Å²) in [4.78, 5) is 14.3. The normalized spacial score (nSPS) is 23.2. The first kappa shape index (κ1) is 13.9. The average Bonchev–Trinajstić information content (AvgIpc) is 2.38. The summed E-state index contributed by atoms with van der Waals surface area (Å²) in [5.74, 6) is 0. The maximum Gasteiger partial charge on any atom is 0.322 e. The van der Waals surface area contributed by atoms with Gasteiger partial charge < -0.3 is 16.0 Å². The highest BCUT2D eigenvalue weighted by atomic mass is 16.2. The molecule has 0 aromatic heterocycles. The van der Waals surface area contributed by atoms with Crippen LogP contribution in [0, 0.1) is 0 Å². The van der Waals surface area contributed by atoms with Crippen molar-refractivity contribution in [2.45, 2.75) is 51.7 Å². The van der Waals surface area contributed by atoms with Crippen LogP contribution in [0.5, 0.6) is 0 Å². The highest BCUT2D eigenvalue weighted by Crippen LogP contribution is 2.23. The van der Waals surface area contributed by atoms with E-state index >= 15 is 0 Å². The Balaban J connectivity index is 2.07. The van der Waals surface area contributed by atoms with Gasteiger partial charge in [0.05, 0.1) is 0 Å². The monoisotopic (exact) mass is 261 g/mol. The van der Waals surface area contributed by atoms with Gasteiger partial charge in [-0.05, 0) is 50.8 Å². The summed E-state index contributed by atoms with van der Waals surface area (Å²) in [7, 11) is 0. The molecule has 1 aliphatic rings. The molecule has 1 saturated heterocycles. The molecule has 19 heavy (non-hydrogen) atoms. The van der Waals surface area contributed by atoms with Crippen LogP contribution in [0.1, 0.15) is 38.7 Å². The number of hydrogen-bond acceptors (Lipinski definition) is 2. The summed E-state index contributed by atoms with van der Waals surface area (Å²) in [6.45, 7) is 4.72. The van der Waals surface area contributed by atoms with Crippen molar-refractivity contribution in [2.24, 2.45) is 5.73 Å². The van der Waals surface area contributed by atoms with E-state index in [1.165, 1.54) is 6.42 Å². The number of nitrogens with one attached hydrogen (secondary N) is 1. The van der Waals surface area contributed by atoms with Gasteiger partial charge in [0, 0.05) is 24.3 Å². The summed E-state index contributed by atoms with van der Waals surface area (Å²) >= 11 is 0. The number of benzene rings is 1. The van der Waals surface area contributed by atoms with Gasteiger partial charge in [-0.3, -0.25) is 0 Å². The fourth-order valence-electron chi connectivity index (χ4n) is 2.79. The molecular formula is C15H23N3O. The zero-order chi connectivity index (χ0) is 13.8. The van der Waals surface area contributed by atoms with E-state index < -0.39 is 0 Å². The molecule has 2 amide bonds. The first-order valence-electron chi connectivity index (χ1n) is 7.00. The lowest BCUT2D eigenvalue weighted by Gasteiger charge is -2.38. The third kappa shape index (κ3) is 3.26. The number of carbonyl (C=O) groups excluding carboxylic acids is 1. The minimum Gasteiger partial charge on any atom is -0.326 e. The van der Waals surface area contributed by atoms with Gasteiger partial charge in [-0.1, -0.05) is 12.1 Å². The van der Waals surface area contributed by atoms with Crippen molar-refractivity contribution < 1.29 is 4.79 Å². The zero-order valence-electron chi connectivity index (χ0n) is 11.7.